The van der Waals surface area contributed by atoms with E-state index in [4.69, 9.17) is 0 Å². The fourth-order valence-corrected chi connectivity index (χ4v) is 6.96. The van der Waals surface area contributed by atoms with Crippen molar-refractivity contribution >= 4 is 47.3 Å². The van der Waals surface area contributed by atoms with Crippen LogP contribution in [0.15, 0.2) is 30.3 Å². The topological polar surface area (TPSA) is 235 Å². The Balaban J connectivity index is 1.65. The zero-order chi connectivity index (χ0) is 39.7. The highest BCUT2D eigenvalue weighted by Gasteiger charge is 2.41. The summed E-state index contributed by atoms with van der Waals surface area (Å²) in [5, 5.41) is 26.3. The minimum atomic E-state index is -1.47. The number of fused-ring (bicyclic) bond motifs is 2. The minimum Gasteiger partial charge on any atom is -0.391 e. The average Bonchev–Trinajstić information content (AvgIpc) is 3.82. The molecular formula is C37H54N8O9. The Morgan fingerprint density at radius 2 is 1.20 bits per heavy atom. The molecule has 3 heterocycles. The molecule has 296 valence electrons. The second kappa shape index (κ2) is 18.8. The standard InChI is InChI=1S/C37H54N8O9/c1-20(2)17-25-33(50)39-22(4)32(49)43-30(23(5)46)37(54)45-16-10-14-28(45)35(52)40-21(3)31(48)38-19-29(47)44-15-9-13-27(44)36(53)42-26(34(51)41-25)18-24-11-7-6-8-12-24/h6-8,11-12,20-23,25-28,30,46H,9-10,13-19H2,1-5H3,(H,38,48)(H,39,50)(H,40,52)(H,41,51)(H,42,53)(H,43,49)/t21-,22-,23+,25-,26-,27-,28-,30-/m0/s1. The molecule has 8 amide bonds. The van der Waals surface area contributed by atoms with Crippen molar-refractivity contribution in [1.82, 2.24) is 41.7 Å². The van der Waals surface area contributed by atoms with Crippen molar-refractivity contribution in [2.45, 2.75) is 122 Å². The Hall–Kier alpha value is -5.06. The smallest absolute Gasteiger partial charge is 0.248 e. The number of hydrogen-bond acceptors (Lipinski definition) is 9. The zero-order valence-corrected chi connectivity index (χ0v) is 31.6. The van der Waals surface area contributed by atoms with Crippen LogP contribution in [0.1, 0.15) is 72.3 Å². The maximum atomic E-state index is 13.9. The number of aliphatic hydroxyl groups excluding tert-OH is 1. The first-order valence-electron chi connectivity index (χ1n) is 18.7. The molecule has 0 unspecified atom stereocenters. The van der Waals surface area contributed by atoms with Gasteiger partial charge in [-0.25, -0.2) is 0 Å². The molecule has 0 aromatic heterocycles. The lowest BCUT2D eigenvalue weighted by atomic mass is 10.0. The third-order valence-electron chi connectivity index (χ3n) is 9.93. The van der Waals surface area contributed by atoms with E-state index in [1.165, 1.54) is 30.6 Å². The van der Waals surface area contributed by atoms with Gasteiger partial charge >= 0.3 is 0 Å². The van der Waals surface area contributed by atoms with Crippen molar-refractivity contribution in [3.8, 4) is 0 Å². The Kier molecular flexibility index (Phi) is 14.5. The summed E-state index contributed by atoms with van der Waals surface area (Å²) in [7, 11) is 0. The first-order valence-corrected chi connectivity index (χ1v) is 18.7. The molecule has 3 fully saturated rings. The third-order valence-corrected chi connectivity index (χ3v) is 9.93. The SMILES string of the molecule is CC(C)C[C@@H]1NC(=O)[C@H](Cc2ccccc2)NC(=O)[C@@H]2CCCN2C(=O)CNC(=O)[C@H](C)NC(=O)[C@@H]2CCCN2C(=O)[C@H]([C@@H](C)O)NC(=O)[C@H](C)NC1=O. The Labute approximate surface area is 315 Å². The second-order valence-electron chi connectivity index (χ2n) is 14.8. The number of benzene rings is 1. The van der Waals surface area contributed by atoms with Gasteiger partial charge in [0.25, 0.3) is 0 Å². The molecule has 1 aromatic rings. The van der Waals surface area contributed by atoms with Crippen LogP contribution in [0.5, 0.6) is 0 Å². The average molecular weight is 755 g/mol. The van der Waals surface area contributed by atoms with Crippen LogP contribution in [-0.4, -0.2) is 130 Å². The molecule has 0 aliphatic carbocycles. The van der Waals surface area contributed by atoms with Gasteiger partial charge in [-0.1, -0.05) is 44.2 Å². The van der Waals surface area contributed by atoms with Crippen LogP contribution in [-0.2, 0) is 44.8 Å². The molecule has 7 N–H and O–H groups in total. The Bertz CT molecular complexity index is 1570. The fourth-order valence-electron chi connectivity index (χ4n) is 6.96. The Morgan fingerprint density at radius 1 is 0.667 bits per heavy atom. The first kappa shape index (κ1) is 41.7. The summed E-state index contributed by atoms with van der Waals surface area (Å²) >= 11 is 0. The molecule has 3 aliphatic rings. The predicted octanol–water partition coefficient (Wildman–Crippen LogP) is -1.77. The van der Waals surface area contributed by atoms with Crippen molar-refractivity contribution < 1.29 is 43.5 Å². The van der Waals surface area contributed by atoms with Gasteiger partial charge in [0.2, 0.25) is 47.3 Å². The molecule has 3 aliphatic heterocycles. The van der Waals surface area contributed by atoms with Crippen molar-refractivity contribution in [3.63, 3.8) is 0 Å². The highest BCUT2D eigenvalue weighted by Crippen LogP contribution is 2.21. The highest BCUT2D eigenvalue weighted by molar-refractivity contribution is 5.98. The Morgan fingerprint density at radius 3 is 1.83 bits per heavy atom. The molecule has 0 spiro atoms. The van der Waals surface area contributed by atoms with Crippen LogP contribution >= 0.6 is 0 Å². The van der Waals surface area contributed by atoms with E-state index in [0.29, 0.717) is 19.3 Å². The maximum absolute atomic E-state index is 13.9. The van der Waals surface area contributed by atoms with E-state index in [-0.39, 0.29) is 38.3 Å². The van der Waals surface area contributed by atoms with E-state index in [1.807, 2.05) is 19.9 Å². The lowest BCUT2D eigenvalue weighted by Gasteiger charge is -2.31. The number of carbonyl (C=O) groups is 8. The van der Waals surface area contributed by atoms with Gasteiger partial charge in [-0.05, 0) is 64.4 Å². The molecule has 1 aromatic carbocycles. The number of rotatable bonds is 5. The van der Waals surface area contributed by atoms with Crippen LogP contribution in [0, 0.1) is 5.92 Å². The number of hydrogen-bond donors (Lipinski definition) is 7. The van der Waals surface area contributed by atoms with Gasteiger partial charge in [-0.2, -0.15) is 0 Å². The number of carbonyl (C=O) groups excluding carboxylic acids is 8. The monoisotopic (exact) mass is 754 g/mol. The van der Waals surface area contributed by atoms with Crippen LogP contribution in [0.25, 0.3) is 0 Å². The van der Waals surface area contributed by atoms with Crippen molar-refractivity contribution in [1.29, 1.82) is 0 Å². The van der Waals surface area contributed by atoms with Gasteiger partial charge in [-0.15, -0.1) is 0 Å². The quantitative estimate of drug-likeness (QED) is 0.180. The molecule has 4 rings (SSSR count). The summed E-state index contributed by atoms with van der Waals surface area (Å²) in [5.41, 5.74) is 0.729. The van der Waals surface area contributed by atoms with E-state index in [0.717, 1.165) is 5.56 Å². The molecule has 0 bridgehead atoms. The molecule has 8 atom stereocenters. The van der Waals surface area contributed by atoms with Crippen molar-refractivity contribution in [2.24, 2.45) is 5.92 Å². The molecule has 3 saturated heterocycles. The summed E-state index contributed by atoms with van der Waals surface area (Å²) in [6, 6.07) is 0.982. The normalized spacial score (nSPS) is 29.2. The van der Waals surface area contributed by atoms with E-state index in [2.05, 4.69) is 31.9 Å². The third kappa shape index (κ3) is 10.8. The molecule has 54 heavy (non-hydrogen) atoms. The lowest BCUT2D eigenvalue weighted by Crippen LogP contribution is -2.61. The van der Waals surface area contributed by atoms with Gasteiger partial charge < -0.3 is 46.8 Å². The van der Waals surface area contributed by atoms with E-state index >= 15 is 0 Å². The predicted molar refractivity (Wildman–Crippen MR) is 195 cm³/mol. The summed E-state index contributed by atoms with van der Waals surface area (Å²) < 4.78 is 0. The molecular weight excluding hydrogens is 700 g/mol. The van der Waals surface area contributed by atoms with Crippen LogP contribution in [0.3, 0.4) is 0 Å². The van der Waals surface area contributed by atoms with Gasteiger partial charge in [0.15, 0.2) is 0 Å². The maximum Gasteiger partial charge on any atom is 0.248 e. The molecule has 0 saturated carbocycles. The van der Waals surface area contributed by atoms with Crippen molar-refractivity contribution in [3.05, 3.63) is 35.9 Å². The molecule has 17 nitrogen and oxygen atoms in total. The largest absolute Gasteiger partial charge is 0.391 e. The van der Waals surface area contributed by atoms with Crippen LogP contribution in [0.4, 0.5) is 0 Å². The minimum absolute atomic E-state index is 0.0697. The van der Waals surface area contributed by atoms with E-state index < -0.39 is 102 Å². The highest BCUT2D eigenvalue weighted by atomic mass is 16.3. The molecule has 17 heteroatoms. The van der Waals surface area contributed by atoms with E-state index in [1.54, 1.807) is 24.3 Å². The number of nitrogens with zero attached hydrogens (tertiary/aromatic N) is 2. The van der Waals surface area contributed by atoms with Gasteiger partial charge in [0.05, 0.1) is 12.6 Å². The summed E-state index contributed by atoms with van der Waals surface area (Å²) in [6.45, 7) is 7.77. The van der Waals surface area contributed by atoms with Crippen molar-refractivity contribution in [2.75, 3.05) is 19.6 Å². The van der Waals surface area contributed by atoms with Gasteiger partial charge in [0, 0.05) is 19.5 Å². The first-order chi connectivity index (χ1) is 25.6. The molecule has 0 radical (unpaired) electrons. The summed E-state index contributed by atoms with van der Waals surface area (Å²) in [5.74, 6) is -5.31. The number of amides is 8. The summed E-state index contributed by atoms with van der Waals surface area (Å²) in [6.07, 6.45) is 0.420. The van der Waals surface area contributed by atoms with Gasteiger partial charge in [0.1, 0.15) is 42.3 Å². The van der Waals surface area contributed by atoms with Crippen LogP contribution < -0.4 is 31.9 Å². The lowest BCUT2D eigenvalue weighted by molar-refractivity contribution is -0.144. The summed E-state index contributed by atoms with van der Waals surface area (Å²) in [4.78, 5) is 111. The number of aliphatic hydroxyl groups is 1. The fraction of sp³-hybridized carbons (Fsp3) is 0.622. The number of nitrogens with one attached hydrogen (secondary N) is 6. The zero-order valence-electron chi connectivity index (χ0n) is 31.6. The van der Waals surface area contributed by atoms with Crippen LogP contribution in [0.2, 0.25) is 0 Å². The van der Waals surface area contributed by atoms with Gasteiger partial charge in [-0.3, -0.25) is 38.4 Å². The second-order valence-corrected chi connectivity index (χ2v) is 14.8. The van der Waals surface area contributed by atoms with E-state index in [9.17, 15) is 43.5 Å².